The van der Waals surface area contributed by atoms with Gasteiger partial charge in [-0.15, -0.1) is 13.2 Å². The van der Waals surface area contributed by atoms with Crippen molar-refractivity contribution in [3.8, 4) is 5.75 Å². The first-order chi connectivity index (χ1) is 14.0. The van der Waals surface area contributed by atoms with Crippen molar-refractivity contribution in [2.24, 2.45) is 0 Å². The Morgan fingerprint density at radius 2 is 1.83 bits per heavy atom. The lowest BCUT2D eigenvalue weighted by atomic mass is 9.95. The van der Waals surface area contributed by atoms with Crippen LogP contribution in [0.25, 0.3) is 0 Å². The van der Waals surface area contributed by atoms with Crippen molar-refractivity contribution in [2.45, 2.75) is 56.8 Å². The predicted octanol–water partition coefficient (Wildman–Crippen LogP) is 3.28. The van der Waals surface area contributed by atoms with Crippen LogP contribution in [-0.2, 0) is 6.54 Å². The van der Waals surface area contributed by atoms with E-state index < -0.39 is 11.7 Å². The van der Waals surface area contributed by atoms with E-state index >= 15 is 0 Å². The summed E-state index contributed by atoms with van der Waals surface area (Å²) in [5.74, 6) is 0.756. The van der Waals surface area contributed by atoms with E-state index in [9.17, 15) is 10.2 Å². The van der Waals surface area contributed by atoms with Gasteiger partial charge in [-0.1, -0.05) is 37.1 Å². The van der Waals surface area contributed by atoms with Gasteiger partial charge in [0, 0.05) is 19.6 Å². The molecule has 0 amide bonds. The van der Waals surface area contributed by atoms with Gasteiger partial charge in [0.25, 0.3) is 0 Å². The average Bonchev–Trinajstić information content (AvgIpc) is 2.96. The molecule has 3 N–H and O–H groups in total. The van der Waals surface area contributed by atoms with Crippen molar-refractivity contribution in [2.75, 3.05) is 32.8 Å². The van der Waals surface area contributed by atoms with Crippen LogP contribution in [0.15, 0.2) is 49.6 Å². The van der Waals surface area contributed by atoms with Crippen molar-refractivity contribution < 1.29 is 14.9 Å². The molecule has 0 aromatic heterocycles. The van der Waals surface area contributed by atoms with E-state index in [1.165, 1.54) is 25.7 Å². The third-order valence-corrected chi connectivity index (χ3v) is 5.34. The Bertz CT molecular complexity index is 602. The largest absolute Gasteiger partial charge is 0.491 e. The third kappa shape index (κ3) is 9.13. The van der Waals surface area contributed by atoms with Crippen LogP contribution in [0.3, 0.4) is 0 Å². The molecule has 1 fully saturated rings. The zero-order valence-corrected chi connectivity index (χ0v) is 17.7. The molecule has 5 nitrogen and oxygen atoms in total. The monoisotopic (exact) mass is 402 g/mol. The number of ether oxygens (including phenoxy) is 1. The number of nitrogens with zero attached hydrogens (tertiary/aromatic N) is 1. The maximum atomic E-state index is 10.6. The zero-order chi connectivity index (χ0) is 21.0. The highest BCUT2D eigenvalue weighted by Gasteiger charge is 2.23. The van der Waals surface area contributed by atoms with Crippen LogP contribution in [0.2, 0.25) is 0 Å². The molecule has 5 heteroatoms. The van der Waals surface area contributed by atoms with Crippen molar-refractivity contribution in [1.82, 2.24) is 10.2 Å². The number of hydrogen-bond donors (Lipinski definition) is 3. The summed E-state index contributed by atoms with van der Waals surface area (Å²) in [6.07, 6.45) is 9.05. The zero-order valence-electron chi connectivity index (χ0n) is 17.7. The predicted molar refractivity (Wildman–Crippen MR) is 119 cm³/mol. The Morgan fingerprint density at radius 1 is 1.14 bits per heavy atom. The molecule has 2 rings (SSSR count). The van der Waals surface area contributed by atoms with Gasteiger partial charge in [0.1, 0.15) is 18.5 Å². The molecule has 0 bridgehead atoms. The number of hydrogen-bond acceptors (Lipinski definition) is 5. The van der Waals surface area contributed by atoms with E-state index in [-0.39, 0.29) is 0 Å². The molecule has 1 aromatic carbocycles. The first-order valence-electron chi connectivity index (χ1n) is 10.8. The molecule has 29 heavy (non-hydrogen) atoms. The normalized spacial score (nSPS) is 16.8. The maximum Gasteiger partial charge on any atom is 0.119 e. The van der Waals surface area contributed by atoms with Crippen LogP contribution in [0.1, 0.15) is 44.1 Å². The smallest absolute Gasteiger partial charge is 0.119 e. The van der Waals surface area contributed by atoms with Crippen LogP contribution >= 0.6 is 0 Å². The number of nitrogens with one attached hydrogen (secondary N) is 1. The van der Waals surface area contributed by atoms with Gasteiger partial charge in [-0.3, -0.25) is 0 Å². The van der Waals surface area contributed by atoms with Crippen LogP contribution in [0.5, 0.6) is 5.75 Å². The second kappa shape index (κ2) is 12.8. The SMILES string of the molecule is C=CCC(O)(CC=C)CNCc1cccc(OCC(O)CN2CCCCCC2)c1. The molecule has 162 valence electrons. The first kappa shape index (κ1) is 23.6. The van der Waals surface area contributed by atoms with E-state index in [2.05, 4.69) is 23.4 Å². The highest BCUT2D eigenvalue weighted by Crippen LogP contribution is 2.17. The quantitative estimate of drug-likeness (QED) is 0.442. The number of rotatable bonds is 13. The third-order valence-electron chi connectivity index (χ3n) is 5.34. The molecule has 0 saturated carbocycles. The van der Waals surface area contributed by atoms with Crippen molar-refractivity contribution in [3.63, 3.8) is 0 Å². The lowest BCUT2D eigenvalue weighted by Crippen LogP contribution is -2.39. The summed E-state index contributed by atoms with van der Waals surface area (Å²) in [5.41, 5.74) is 0.221. The van der Waals surface area contributed by atoms with Gasteiger partial charge in [-0.05, 0) is 56.5 Å². The minimum atomic E-state index is -0.852. The van der Waals surface area contributed by atoms with Crippen molar-refractivity contribution in [1.29, 1.82) is 0 Å². The fourth-order valence-electron chi connectivity index (χ4n) is 3.81. The Kier molecular flexibility index (Phi) is 10.4. The van der Waals surface area contributed by atoms with E-state index in [4.69, 9.17) is 4.74 Å². The summed E-state index contributed by atoms with van der Waals surface area (Å²) >= 11 is 0. The van der Waals surface area contributed by atoms with Crippen LogP contribution in [-0.4, -0.2) is 59.6 Å². The van der Waals surface area contributed by atoms with Gasteiger partial charge in [0.05, 0.1) is 5.60 Å². The molecular weight excluding hydrogens is 364 g/mol. The molecular formula is C24H38N2O3. The highest BCUT2D eigenvalue weighted by molar-refractivity contribution is 5.28. The van der Waals surface area contributed by atoms with E-state index in [1.807, 2.05) is 24.3 Å². The Balaban J connectivity index is 1.76. The van der Waals surface area contributed by atoms with Gasteiger partial charge in [0.15, 0.2) is 0 Å². The lowest BCUT2D eigenvalue weighted by Gasteiger charge is -2.26. The van der Waals surface area contributed by atoms with Gasteiger partial charge in [-0.25, -0.2) is 0 Å². The Hall–Kier alpha value is -1.66. The summed E-state index contributed by atoms with van der Waals surface area (Å²) in [7, 11) is 0. The van der Waals surface area contributed by atoms with Gasteiger partial charge >= 0.3 is 0 Å². The van der Waals surface area contributed by atoms with E-state index in [0.29, 0.717) is 39.1 Å². The summed E-state index contributed by atoms with van der Waals surface area (Å²) < 4.78 is 5.83. The molecule has 1 aromatic rings. The molecule has 0 radical (unpaired) electrons. The molecule has 0 spiro atoms. The number of aliphatic hydroxyl groups is 2. The van der Waals surface area contributed by atoms with Crippen LogP contribution < -0.4 is 10.1 Å². The molecule has 1 heterocycles. The molecule has 1 aliphatic rings. The topological polar surface area (TPSA) is 65.0 Å². The molecule has 1 saturated heterocycles. The Labute approximate surface area is 176 Å². The maximum absolute atomic E-state index is 10.6. The number of β-amino-alcohol motifs (C(OH)–C–C–N with tert-alkyl or cyclic N) is 1. The van der Waals surface area contributed by atoms with Crippen molar-refractivity contribution in [3.05, 3.63) is 55.1 Å². The highest BCUT2D eigenvalue weighted by atomic mass is 16.5. The van der Waals surface area contributed by atoms with Crippen LogP contribution in [0.4, 0.5) is 0 Å². The molecule has 1 atom stereocenters. The number of likely N-dealkylation sites (tertiary alicyclic amines) is 1. The second-order valence-corrected chi connectivity index (χ2v) is 8.14. The van der Waals surface area contributed by atoms with Crippen molar-refractivity contribution >= 4 is 0 Å². The van der Waals surface area contributed by atoms with Gasteiger partial charge < -0.3 is 25.2 Å². The number of aliphatic hydroxyl groups excluding tert-OH is 1. The molecule has 0 aliphatic carbocycles. The summed E-state index contributed by atoms with van der Waals surface area (Å²) in [5, 5.41) is 24.2. The fraction of sp³-hybridized carbons (Fsp3) is 0.583. The van der Waals surface area contributed by atoms with E-state index in [0.717, 1.165) is 24.4 Å². The molecule has 1 unspecified atom stereocenters. The second-order valence-electron chi connectivity index (χ2n) is 8.14. The lowest BCUT2D eigenvalue weighted by molar-refractivity contribution is 0.0460. The minimum absolute atomic E-state index is 0.297. The minimum Gasteiger partial charge on any atom is -0.491 e. The van der Waals surface area contributed by atoms with Gasteiger partial charge in [-0.2, -0.15) is 0 Å². The van der Waals surface area contributed by atoms with Gasteiger partial charge in [0.2, 0.25) is 0 Å². The van der Waals surface area contributed by atoms with E-state index in [1.54, 1.807) is 12.2 Å². The standard InChI is InChI=1S/C24H38N2O3/c1-3-12-24(28,13-4-2)20-25-17-21-10-9-11-23(16-21)29-19-22(27)18-26-14-7-5-6-8-15-26/h3-4,9-11,16,22,25,27-28H,1-2,5-8,12-15,17-20H2. The first-order valence-corrected chi connectivity index (χ1v) is 10.8. The molecule has 1 aliphatic heterocycles. The fourth-order valence-corrected chi connectivity index (χ4v) is 3.81. The van der Waals surface area contributed by atoms with Crippen LogP contribution in [0, 0.1) is 0 Å². The number of benzene rings is 1. The Morgan fingerprint density at radius 3 is 2.48 bits per heavy atom. The summed E-state index contributed by atoms with van der Waals surface area (Å²) in [6.45, 7) is 11.6. The average molecular weight is 403 g/mol. The summed E-state index contributed by atoms with van der Waals surface area (Å²) in [6, 6.07) is 7.86. The summed E-state index contributed by atoms with van der Waals surface area (Å²) in [4.78, 5) is 2.34.